The fourth-order valence-electron chi connectivity index (χ4n) is 1.68. The summed E-state index contributed by atoms with van der Waals surface area (Å²) in [6, 6.07) is 0.770. The average Bonchev–Trinajstić information content (AvgIpc) is 2.15. The highest BCUT2D eigenvalue weighted by Gasteiger charge is 2.07. The summed E-state index contributed by atoms with van der Waals surface area (Å²) in [5.41, 5.74) is 0. The van der Waals surface area contributed by atoms with E-state index >= 15 is 0 Å². The minimum Gasteiger partial charge on any atom is -0.306 e. The Labute approximate surface area is 90.2 Å². The molecule has 0 fully saturated rings. The Kier molecular flexibility index (Phi) is 9.06. The number of rotatable bonds is 8. The van der Waals surface area contributed by atoms with Crippen LogP contribution in [0, 0.1) is 0 Å². The fourth-order valence-corrected chi connectivity index (χ4v) is 1.68. The van der Waals surface area contributed by atoms with Crippen LogP contribution in [0.1, 0.15) is 52.4 Å². The van der Waals surface area contributed by atoms with Gasteiger partial charge in [0.1, 0.15) is 0 Å². The molecule has 0 amide bonds. The Hall–Kier alpha value is -0.300. The molecule has 0 rings (SSSR count). The molecule has 84 valence electrons. The maximum absolute atomic E-state index is 2.36. The summed E-state index contributed by atoms with van der Waals surface area (Å²) in [7, 11) is 4.38. The molecule has 0 aliphatic heterocycles. The van der Waals surface area contributed by atoms with Crippen LogP contribution in [0.25, 0.3) is 0 Å². The summed E-state index contributed by atoms with van der Waals surface area (Å²) in [5, 5.41) is 0. The predicted octanol–water partition coefficient (Wildman–Crippen LogP) is 3.85. The third kappa shape index (κ3) is 7.14. The molecule has 0 heterocycles. The first-order valence-corrected chi connectivity index (χ1v) is 6.03. The van der Waals surface area contributed by atoms with Gasteiger partial charge in [0, 0.05) is 6.04 Å². The molecule has 0 radical (unpaired) electrons. The van der Waals surface area contributed by atoms with E-state index in [0.29, 0.717) is 0 Å². The van der Waals surface area contributed by atoms with Crippen molar-refractivity contribution in [1.82, 2.24) is 4.90 Å². The lowest BCUT2D eigenvalue weighted by Gasteiger charge is -2.23. The van der Waals surface area contributed by atoms with Gasteiger partial charge in [-0.05, 0) is 39.8 Å². The van der Waals surface area contributed by atoms with Gasteiger partial charge >= 0.3 is 0 Å². The van der Waals surface area contributed by atoms with Gasteiger partial charge in [-0.1, -0.05) is 38.8 Å². The molecule has 0 aliphatic rings. The molecular formula is C13H27N. The zero-order valence-electron chi connectivity index (χ0n) is 10.4. The van der Waals surface area contributed by atoms with Crippen molar-refractivity contribution in [3.8, 4) is 0 Å². The minimum atomic E-state index is 0.770. The predicted molar refractivity (Wildman–Crippen MR) is 65.7 cm³/mol. The molecule has 1 heteroatoms. The normalized spacial score (nSPS) is 14.1. The lowest BCUT2D eigenvalue weighted by Crippen LogP contribution is -2.27. The van der Waals surface area contributed by atoms with Crippen LogP contribution < -0.4 is 0 Å². The van der Waals surface area contributed by atoms with Gasteiger partial charge in [0.15, 0.2) is 0 Å². The Bertz CT molecular complexity index is 138. The van der Waals surface area contributed by atoms with E-state index in [9.17, 15) is 0 Å². The van der Waals surface area contributed by atoms with Gasteiger partial charge in [-0.2, -0.15) is 0 Å². The smallest absolute Gasteiger partial charge is 0.00920 e. The summed E-state index contributed by atoms with van der Waals surface area (Å²) in [5.74, 6) is 0. The van der Waals surface area contributed by atoms with E-state index in [1.807, 2.05) is 0 Å². The van der Waals surface area contributed by atoms with Gasteiger partial charge in [0.05, 0.1) is 0 Å². The third-order valence-electron chi connectivity index (χ3n) is 2.64. The number of hydrogen-bond acceptors (Lipinski definition) is 1. The van der Waals surface area contributed by atoms with E-state index < -0.39 is 0 Å². The van der Waals surface area contributed by atoms with E-state index in [4.69, 9.17) is 0 Å². The van der Waals surface area contributed by atoms with Gasteiger partial charge in [0.2, 0.25) is 0 Å². The monoisotopic (exact) mass is 197 g/mol. The van der Waals surface area contributed by atoms with Crippen molar-refractivity contribution in [2.45, 2.75) is 58.4 Å². The fraction of sp³-hybridized carbons (Fsp3) is 0.846. The zero-order valence-corrected chi connectivity index (χ0v) is 10.4. The molecule has 0 spiro atoms. The van der Waals surface area contributed by atoms with Gasteiger partial charge in [-0.25, -0.2) is 0 Å². The van der Waals surface area contributed by atoms with Gasteiger partial charge in [0.25, 0.3) is 0 Å². The first-order valence-electron chi connectivity index (χ1n) is 6.03. The third-order valence-corrected chi connectivity index (χ3v) is 2.64. The Morgan fingerprint density at radius 1 is 0.929 bits per heavy atom. The van der Waals surface area contributed by atoms with Crippen LogP contribution in [0.3, 0.4) is 0 Å². The van der Waals surface area contributed by atoms with Crippen LogP contribution in [0.2, 0.25) is 0 Å². The topological polar surface area (TPSA) is 3.24 Å². The zero-order chi connectivity index (χ0) is 10.8. The highest BCUT2D eigenvalue weighted by atomic mass is 15.1. The second-order valence-electron chi connectivity index (χ2n) is 4.24. The van der Waals surface area contributed by atoms with Gasteiger partial charge < -0.3 is 4.90 Å². The molecule has 1 nitrogen and oxygen atoms in total. The summed E-state index contributed by atoms with van der Waals surface area (Å²) >= 11 is 0. The molecule has 0 saturated heterocycles. The van der Waals surface area contributed by atoms with Crippen molar-refractivity contribution in [3.63, 3.8) is 0 Å². The molecule has 1 unspecified atom stereocenters. The number of hydrogen-bond donors (Lipinski definition) is 0. The standard InChI is InChI=1S/C13H27N/c1-5-7-8-9-10-12-13(11-6-2)14(3)4/h8-9,13H,5-7,10-12H2,1-4H3. The Morgan fingerprint density at radius 3 is 2.07 bits per heavy atom. The maximum atomic E-state index is 2.36. The van der Waals surface area contributed by atoms with E-state index in [1.165, 1.54) is 38.5 Å². The number of nitrogens with zero attached hydrogens (tertiary/aromatic N) is 1. The highest BCUT2D eigenvalue weighted by Crippen LogP contribution is 2.10. The van der Waals surface area contributed by atoms with Crippen molar-refractivity contribution >= 4 is 0 Å². The van der Waals surface area contributed by atoms with Crippen LogP contribution in [0.5, 0.6) is 0 Å². The van der Waals surface area contributed by atoms with Gasteiger partial charge in [-0.15, -0.1) is 0 Å². The number of unbranched alkanes of at least 4 members (excludes halogenated alkanes) is 1. The summed E-state index contributed by atoms with van der Waals surface area (Å²) in [4.78, 5) is 2.36. The van der Waals surface area contributed by atoms with Crippen molar-refractivity contribution in [2.24, 2.45) is 0 Å². The van der Waals surface area contributed by atoms with Crippen LogP contribution in [-0.4, -0.2) is 25.0 Å². The SMILES string of the molecule is CCCC=CCCC(CCC)N(C)C. The second kappa shape index (κ2) is 9.26. The maximum Gasteiger partial charge on any atom is 0.00920 e. The molecular weight excluding hydrogens is 170 g/mol. The average molecular weight is 197 g/mol. The summed E-state index contributed by atoms with van der Waals surface area (Å²) in [6.07, 6.45) is 12.3. The largest absolute Gasteiger partial charge is 0.306 e. The van der Waals surface area contributed by atoms with Crippen LogP contribution in [-0.2, 0) is 0 Å². The van der Waals surface area contributed by atoms with Crippen molar-refractivity contribution in [2.75, 3.05) is 14.1 Å². The lowest BCUT2D eigenvalue weighted by atomic mass is 10.1. The summed E-state index contributed by atoms with van der Waals surface area (Å²) in [6.45, 7) is 4.49. The van der Waals surface area contributed by atoms with Crippen LogP contribution in [0.15, 0.2) is 12.2 Å². The quantitative estimate of drug-likeness (QED) is 0.534. The molecule has 0 N–H and O–H groups in total. The van der Waals surface area contributed by atoms with Crippen molar-refractivity contribution in [1.29, 1.82) is 0 Å². The highest BCUT2D eigenvalue weighted by molar-refractivity contribution is 4.82. The molecule has 14 heavy (non-hydrogen) atoms. The van der Waals surface area contributed by atoms with Crippen LogP contribution in [0.4, 0.5) is 0 Å². The van der Waals surface area contributed by atoms with E-state index in [1.54, 1.807) is 0 Å². The van der Waals surface area contributed by atoms with E-state index in [-0.39, 0.29) is 0 Å². The first kappa shape index (κ1) is 13.7. The van der Waals surface area contributed by atoms with Crippen molar-refractivity contribution in [3.05, 3.63) is 12.2 Å². The molecule has 0 saturated carbocycles. The molecule has 0 aromatic heterocycles. The van der Waals surface area contributed by atoms with E-state index in [0.717, 1.165) is 6.04 Å². The molecule has 1 atom stereocenters. The molecule has 0 aromatic rings. The molecule has 0 aromatic carbocycles. The second-order valence-corrected chi connectivity index (χ2v) is 4.24. The molecule has 0 aliphatic carbocycles. The summed E-state index contributed by atoms with van der Waals surface area (Å²) < 4.78 is 0. The number of allylic oxidation sites excluding steroid dienone is 2. The lowest BCUT2D eigenvalue weighted by molar-refractivity contribution is 0.263. The minimum absolute atomic E-state index is 0.770. The van der Waals surface area contributed by atoms with Gasteiger partial charge in [-0.3, -0.25) is 0 Å². The van der Waals surface area contributed by atoms with Crippen molar-refractivity contribution < 1.29 is 0 Å². The first-order chi connectivity index (χ1) is 6.72. The Balaban J connectivity index is 3.60. The Morgan fingerprint density at radius 2 is 1.57 bits per heavy atom. The van der Waals surface area contributed by atoms with Crippen LogP contribution >= 0.6 is 0 Å². The van der Waals surface area contributed by atoms with E-state index in [2.05, 4.69) is 45.0 Å². The molecule has 0 bridgehead atoms.